The van der Waals surface area contributed by atoms with Crippen LogP contribution in [0.15, 0.2) is 41.8 Å². The van der Waals surface area contributed by atoms with Crippen molar-refractivity contribution in [2.45, 2.75) is 31.3 Å². The van der Waals surface area contributed by atoms with Crippen molar-refractivity contribution in [1.29, 1.82) is 0 Å². The quantitative estimate of drug-likeness (QED) is 0.787. The van der Waals surface area contributed by atoms with Crippen molar-refractivity contribution < 1.29 is 9.84 Å². The molecule has 0 bridgehead atoms. The van der Waals surface area contributed by atoms with Crippen LogP contribution in [0, 0.1) is 0 Å². The smallest absolute Gasteiger partial charge is 0.119 e. The summed E-state index contributed by atoms with van der Waals surface area (Å²) in [5.74, 6) is 0.764. The predicted octanol–water partition coefficient (Wildman–Crippen LogP) is 3.18. The van der Waals surface area contributed by atoms with Crippen molar-refractivity contribution in [3.63, 3.8) is 0 Å². The summed E-state index contributed by atoms with van der Waals surface area (Å²) in [5, 5.41) is 12.5. The zero-order valence-electron chi connectivity index (χ0n) is 12.4. The molecule has 114 valence electrons. The van der Waals surface area contributed by atoms with Crippen LogP contribution in [0.2, 0.25) is 0 Å². The molecule has 0 spiro atoms. The summed E-state index contributed by atoms with van der Waals surface area (Å²) in [6.45, 7) is 0.438. The summed E-state index contributed by atoms with van der Waals surface area (Å²) >= 11 is 1.77. The van der Waals surface area contributed by atoms with Crippen LogP contribution >= 0.6 is 11.3 Å². The summed E-state index contributed by atoms with van der Waals surface area (Å²) < 4.78 is 5.24. The first-order chi connectivity index (χ1) is 10.2. The lowest BCUT2D eigenvalue weighted by Gasteiger charge is -2.22. The number of hydrogen-bond acceptors (Lipinski definition) is 4. The van der Waals surface area contributed by atoms with E-state index in [-0.39, 0.29) is 5.92 Å². The maximum absolute atomic E-state index is 10.4. The molecule has 0 radical (unpaired) electrons. The van der Waals surface area contributed by atoms with Gasteiger partial charge in [0.15, 0.2) is 0 Å². The van der Waals surface area contributed by atoms with Gasteiger partial charge < -0.3 is 15.6 Å². The average Bonchev–Trinajstić information content (AvgIpc) is 3.01. The van der Waals surface area contributed by atoms with Gasteiger partial charge in [-0.15, -0.1) is 11.3 Å². The van der Waals surface area contributed by atoms with Gasteiger partial charge in [-0.2, -0.15) is 0 Å². The summed E-state index contributed by atoms with van der Waals surface area (Å²) in [5.41, 5.74) is 6.91. The van der Waals surface area contributed by atoms with Gasteiger partial charge in [0.1, 0.15) is 5.75 Å². The SMILES string of the molecule is COc1cccc(C(CN)C(O)CCCc2cccs2)c1. The highest BCUT2D eigenvalue weighted by molar-refractivity contribution is 7.09. The number of nitrogens with two attached hydrogens (primary N) is 1. The Hall–Kier alpha value is -1.36. The topological polar surface area (TPSA) is 55.5 Å². The van der Waals surface area contributed by atoms with Gasteiger partial charge in [-0.1, -0.05) is 18.2 Å². The fraction of sp³-hybridized carbons (Fsp3) is 0.412. The van der Waals surface area contributed by atoms with Crippen molar-refractivity contribution in [2.24, 2.45) is 5.73 Å². The van der Waals surface area contributed by atoms with Crippen LogP contribution in [0.1, 0.15) is 29.2 Å². The van der Waals surface area contributed by atoms with Crippen LogP contribution in [-0.4, -0.2) is 24.9 Å². The number of thiophene rings is 1. The van der Waals surface area contributed by atoms with E-state index >= 15 is 0 Å². The molecule has 1 aromatic heterocycles. The van der Waals surface area contributed by atoms with Crippen LogP contribution in [0.3, 0.4) is 0 Å². The van der Waals surface area contributed by atoms with Crippen LogP contribution in [-0.2, 0) is 6.42 Å². The highest BCUT2D eigenvalue weighted by Crippen LogP contribution is 2.25. The molecule has 0 aliphatic carbocycles. The van der Waals surface area contributed by atoms with Gasteiger partial charge in [-0.05, 0) is 48.4 Å². The second kappa shape index (κ2) is 8.17. The summed E-state index contributed by atoms with van der Waals surface area (Å²) in [6, 6.07) is 12.0. The standard InChI is InChI=1S/C17H23NO2S/c1-20-14-6-2-5-13(11-14)16(12-18)17(19)9-3-7-15-8-4-10-21-15/h2,4-6,8,10-11,16-17,19H,3,7,9,12,18H2,1H3. The van der Waals surface area contributed by atoms with Gasteiger partial charge in [0, 0.05) is 17.3 Å². The Morgan fingerprint density at radius 1 is 1.29 bits per heavy atom. The van der Waals surface area contributed by atoms with Gasteiger partial charge in [-0.3, -0.25) is 0 Å². The Bertz CT molecular complexity index is 527. The number of methoxy groups -OCH3 is 1. The number of aliphatic hydroxyl groups is 1. The molecule has 0 amide bonds. The number of rotatable bonds is 8. The molecular weight excluding hydrogens is 282 g/mol. The molecule has 0 aliphatic rings. The molecule has 2 rings (SSSR count). The van der Waals surface area contributed by atoms with Crippen molar-refractivity contribution in [3.8, 4) is 5.75 Å². The molecule has 2 atom stereocenters. The summed E-state index contributed by atoms with van der Waals surface area (Å²) in [7, 11) is 1.65. The second-order valence-corrected chi connectivity index (χ2v) is 6.19. The highest BCUT2D eigenvalue weighted by Gasteiger charge is 2.20. The minimum absolute atomic E-state index is 0.0385. The first-order valence-electron chi connectivity index (χ1n) is 7.29. The van der Waals surface area contributed by atoms with E-state index in [0.29, 0.717) is 6.54 Å². The third kappa shape index (κ3) is 4.56. The summed E-state index contributed by atoms with van der Waals surface area (Å²) in [6.07, 6.45) is 2.34. The van der Waals surface area contributed by atoms with E-state index < -0.39 is 6.10 Å². The molecule has 0 fully saturated rings. The highest BCUT2D eigenvalue weighted by atomic mass is 32.1. The molecule has 21 heavy (non-hydrogen) atoms. The van der Waals surface area contributed by atoms with Crippen LogP contribution < -0.4 is 10.5 Å². The molecule has 2 aromatic rings. The van der Waals surface area contributed by atoms with E-state index in [0.717, 1.165) is 30.6 Å². The number of hydrogen-bond donors (Lipinski definition) is 2. The predicted molar refractivity (Wildman–Crippen MR) is 88.1 cm³/mol. The van der Waals surface area contributed by atoms with E-state index in [4.69, 9.17) is 10.5 Å². The average molecular weight is 305 g/mol. The molecule has 1 aromatic carbocycles. The van der Waals surface area contributed by atoms with Gasteiger partial charge in [0.2, 0.25) is 0 Å². The van der Waals surface area contributed by atoms with Crippen LogP contribution in [0.4, 0.5) is 0 Å². The van der Waals surface area contributed by atoms with E-state index in [1.54, 1.807) is 18.4 Å². The largest absolute Gasteiger partial charge is 0.497 e. The Kier molecular flexibility index (Phi) is 6.23. The first-order valence-corrected chi connectivity index (χ1v) is 8.17. The lowest BCUT2D eigenvalue weighted by atomic mass is 9.90. The molecule has 1 heterocycles. The van der Waals surface area contributed by atoms with E-state index in [9.17, 15) is 5.11 Å². The normalized spacial score (nSPS) is 13.9. The van der Waals surface area contributed by atoms with Crippen molar-refractivity contribution in [3.05, 3.63) is 52.2 Å². The van der Waals surface area contributed by atoms with E-state index in [2.05, 4.69) is 17.5 Å². The van der Waals surface area contributed by atoms with E-state index in [1.165, 1.54) is 4.88 Å². The zero-order valence-corrected chi connectivity index (χ0v) is 13.2. The lowest BCUT2D eigenvalue weighted by molar-refractivity contribution is 0.133. The number of aliphatic hydroxyl groups excluding tert-OH is 1. The molecule has 0 aliphatic heterocycles. The molecule has 3 nitrogen and oxygen atoms in total. The Labute approximate surface area is 130 Å². The maximum atomic E-state index is 10.4. The van der Waals surface area contributed by atoms with Gasteiger partial charge in [0.05, 0.1) is 13.2 Å². The minimum Gasteiger partial charge on any atom is -0.497 e. The number of ether oxygens (including phenoxy) is 1. The van der Waals surface area contributed by atoms with Crippen molar-refractivity contribution >= 4 is 11.3 Å². The number of aryl methyl sites for hydroxylation is 1. The monoisotopic (exact) mass is 305 g/mol. The van der Waals surface area contributed by atoms with E-state index in [1.807, 2.05) is 24.3 Å². The fourth-order valence-electron chi connectivity index (χ4n) is 2.53. The number of benzene rings is 1. The van der Waals surface area contributed by atoms with Crippen molar-refractivity contribution in [2.75, 3.05) is 13.7 Å². The Morgan fingerprint density at radius 3 is 2.81 bits per heavy atom. The first kappa shape index (κ1) is 16.0. The third-order valence-corrected chi connectivity index (χ3v) is 4.68. The Balaban J connectivity index is 1.92. The molecule has 4 heteroatoms. The molecular formula is C17H23NO2S. The van der Waals surface area contributed by atoms with Gasteiger partial charge in [0.25, 0.3) is 0 Å². The van der Waals surface area contributed by atoms with Crippen LogP contribution in [0.25, 0.3) is 0 Å². The maximum Gasteiger partial charge on any atom is 0.119 e. The molecule has 3 N–H and O–H groups in total. The summed E-state index contributed by atoms with van der Waals surface area (Å²) in [4.78, 5) is 1.37. The van der Waals surface area contributed by atoms with Crippen LogP contribution in [0.5, 0.6) is 5.75 Å². The molecule has 0 saturated carbocycles. The zero-order chi connectivity index (χ0) is 15.1. The lowest BCUT2D eigenvalue weighted by Crippen LogP contribution is -2.26. The second-order valence-electron chi connectivity index (χ2n) is 5.16. The van der Waals surface area contributed by atoms with Crippen molar-refractivity contribution in [1.82, 2.24) is 0 Å². The Morgan fingerprint density at radius 2 is 2.14 bits per heavy atom. The van der Waals surface area contributed by atoms with Gasteiger partial charge in [-0.25, -0.2) is 0 Å². The molecule has 2 unspecified atom stereocenters. The minimum atomic E-state index is -0.415. The van der Waals surface area contributed by atoms with Gasteiger partial charge >= 0.3 is 0 Å². The third-order valence-electron chi connectivity index (χ3n) is 3.74. The molecule has 0 saturated heterocycles. The fourth-order valence-corrected chi connectivity index (χ4v) is 3.28.